The number of aliphatic carboxylic acids is 1. The van der Waals surface area contributed by atoms with Gasteiger partial charge in [0, 0.05) is 56.2 Å². The first-order valence-electron chi connectivity index (χ1n) is 12.6. The number of anilines is 1. The summed E-state index contributed by atoms with van der Waals surface area (Å²) in [5.74, 6) is -0.716. The quantitative estimate of drug-likeness (QED) is 0.318. The highest BCUT2D eigenvalue weighted by Gasteiger charge is 2.18. The van der Waals surface area contributed by atoms with Crippen LogP contribution in [0, 0.1) is 0 Å². The number of carbonyl (C=O) groups is 1. The number of rotatable bonds is 12. The fraction of sp³-hybridized carbons (Fsp3) is 0.464. The van der Waals surface area contributed by atoms with Crippen molar-refractivity contribution >= 4 is 34.2 Å². The molecule has 34 heavy (non-hydrogen) atoms. The Kier molecular flexibility index (Phi) is 8.89. The van der Waals surface area contributed by atoms with Crippen molar-refractivity contribution in [3.63, 3.8) is 0 Å². The lowest BCUT2D eigenvalue weighted by Crippen LogP contribution is -2.46. The summed E-state index contributed by atoms with van der Waals surface area (Å²) in [7, 11) is 0. The Hall–Kier alpha value is -2.50. The van der Waals surface area contributed by atoms with Gasteiger partial charge in [-0.05, 0) is 56.0 Å². The predicted octanol–water partition coefficient (Wildman–Crippen LogP) is 6.08. The SMILES string of the molecule is O=C(O)CCCc1cn(CCCCCCN2CCN(c3ccccc3Cl)CC2)c2ccccc12. The molecule has 0 bridgehead atoms. The summed E-state index contributed by atoms with van der Waals surface area (Å²) in [6.07, 6.45) is 8.90. The summed E-state index contributed by atoms with van der Waals surface area (Å²) in [6, 6.07) is 16.6. The van der Waals surface area contributed by atoms with Crippen LogP contribution in [-0.4, -0.2) is 53.3 Å². The molecule has 1 aliphatic rings. The van der Waals surface area contributed by atoms with E-state index in [1.165, 1.54) is 48.7 Å². The van der Waals surface area contributed by atoms with E-state index in [0.717, 1.165) is 49.9 Å². The van der Waals surface area contributed by atoms with Crippen LogP contribution in [0.15, 0.2) is 54.7 Å². The van der Waals surface area contributed by atoms with E-state index < -0.39 is 5.97 Å². The molecule has 6 heteroatoms. The smallest absolute Gasteiger partial charge is 0.303 e. The monoisotopic (exact) mass is 481 g/mol. The van der Waals surface area contributed by atoms with Gasteiger partial charge >= 0.3 is 5.97 Å². The van der Waals surface area contributed by atoms with Gasteiger partial charge in [-0.15, -0.1) is 0 Å². The number of unbranched alkanes of at least 4 members (excludes halogenated alkanes) is 3. The molecule has 3 aromatic rings. The van der Waals surface area contributed by atoms with E-state index in [9.17, 15) is 4.79 Å². The molecule has 2 heterocycles. The molecule has 0 amide bonds. The molecule has 0 spiro atoms. The van der Waals surface area contributed by atoms with Crippen LogP contribution in [0.3, 0.4) is 0 Å². The van der Waals surface area contributed by atoms with E-state index in [0.29, 0.717) is 6.42 Å². The van der Waals surface area contributed by atoms with Gasteiger partial charge in [0.1, 0.15) is 0 Å². The Morgan fingerprint density at radius 2 is 1.56 bits per heavy atom. The predicted molar refractivity (Wildman–Crippen MR) is 141 cm³/mol. The number of piperazine rings is 1. The van der Waals surface area contributed by atoms with Crippen molar-refractivity contribution < 1.29 is 9.90 Å². The van der Waals surface area contributed by atoms with Crippen LogP contribution < -0.4 is 4.90 Å². The van der Waals surface area contributed by atoms with Gasteiger partial charge in [-0.2, -0.15) is 0 Å². The van der Waals surface area contributed by atoms with Crippen LogP contribution in [0.4, 0.5) is 5.69 Å². The van der Waals surface area contributed by atoms with Crippen LogP contribution in [0.1, 0.15) is 44.1 Å². The van der Waals surface area contributed by atoms with Crippen LogP contribution in [0.25, 0.3) is 10.9 Å². The summed E-state index contributed by atoms with van der Waals surface area (Å²) in [5, 5.41) is 11.0. The second-order valence-corrected chi connectivity index (χ2v) is 9.71. The number of benzene rings is 2. The largest absolute Gasteiger partial charge is 0.481 e. The van der Waals surface area contributed by atoms with Crippen LogP contribution in [-0.2, 0) is 17.8 Å². The number of para-hydroxylation sites is 2. The van der Waals surface area contributed by atoms with Gasteiger partial charge in [0.2, 0.25) is 0 Å². The topological polar surface area (TPSA) is 48.7 Å². The van der Waals surface area contributed by atoms with Gasteiger partial charge in [-0.3, -0.25) is 9.69 Å². The molecule has 1 fully saturated rings. The van der Waals surface area contributed by atoms with E-state index in [1.54, 1.807) is 0 Å². The summed E-state index contributed by atoms with van der Waals surface area (Å²) < 4.78 is 2.36. The lowest BCUT2D eigenvalue weighted by atomic mass is 10.1. The molecule has 0 atom stereocenters. The van der Waals surface area contributed by atoms with Crippen molar-refractivity contribution in [1.29, 1.82) is 0 Å². The molecular weight excluding hydrogens is 446 g/mol. The molecule has 1 saturated heterocycles. The van der Waals surface area contributed by atoms with Crippen molar-refractivity contribution in [1.82, 2.24) is 9.47 Å². The molecule has 1 N–H and O–H groups in total. The maximum atomic E-state index is 10.9. The molecule has 182 valence electrons. The Labute approximate surface area is 207 Å². The fourth-order valence-corrected chi connectivity index (χ4v) is 5.28. The average molecular weight is 482 g/mol. The van der Waals surface area contributed by atoms with Gasteiger partial charge < -0.3 is 14.6 Å². The average Bonchev–Trinajstić information content (AvgIpc) is 3.19. The Morgan fingerprint density at radius 1 is 0.853 bits per heavy atom. The summed E-state index contributed by atoms with van der Waals surface area (Å²) in [5.41, 5.74) is 3.70. The van der Waals surface area contributed by atoms with Crippen molar-refractivity contribution in [3.8, 4) is 0 Å². The number of hydrogen-bond donors (Lipinski definition) is 1. The van der Waals surface area contributed by atoms with Gasteiger partial charge in [-0.25, -0.2) is 0 Å². The van der Waals surface area contributed by atoms with Crippen LogP contribution in [0.2, 0.25) is 5.02 Å². The minimum Gasteiger partial charge on any atom is -0.481 e. The first-order chi connectivity index (χ1) is 16.6. The van der Waals surface area contributed by atoms with Crippen LogP contribution in [0.5, 0.6) is 0 Å². The van der Waals surface area contributed by atoms with Crippen molar-refractivity contribution in [2.24, 2.45) is 0 Å². The highest BCUT2D eigenvalue weighted by atomic mass is 35.5. The third-order valence-corrected chi connectivity index (χ3v) is 7.22. The number of aromatic nitrogens is 1. The first-order valence-corrected chi connectivity index (χ1v) is 13.0. The first kappa shape index (κ1) is 24.6. The molecule has 0 saturated carbocycles. The van der Waals surface area contributed by atoms with E-state index in [1.807, 2.05) is 12.1 Å². The summed E-state index contributed by atoms with van der Waals surface area (Å²) in [4.78, 5) is 15.8. The highest BCUT2D eigenvalue weighted by Crippen LogP contribution is 2.26. The fourth-order valence-electron chi connectivity index (χ4n) is 5.03. The van der Waals surface area contributed by atoms with Crippen molar-refractivity contribution in [2.75, 3.05) is 37.6 Å². The highest BCUT2D eigenvalue weighted by molar-refractivity contribution is 6.33. The molecule has 0 aliphatic carbocycles. The zero-order valence-corrected chi connectivity index (χ0v) is 20.7. The second kappa shape index (κ2) is 12.3. The van der Waals surface area contributed by atoms with Gasteiger partial charge in [-0.1, -0.05) is 54.8 Å². The molecule has 5 nitrogen and oxygen atoms in total. The lowest BCUT2D eigenvalue weighted by molar-refractivity contribution is -0.137. The second-order valence-electron chi connectivity index (χ2n) is 9.31. The van der Waals surface area contributed by atoms with Crippen molar-refractivity contribution in [2.45, 2.75) is 51.5 Å². The Morgan fingerprint density at radius 3 is 2.32 bits per heavy atom. The zero-order valence-electron chi connectivity index (χ0n) is 20.0. The van der Waals surface area contributed by atoms with Crippen molar-refractivity contribution in [3.05, 3.63) is 65.3 Å². The molecule has 1 aromatic heterocycles. The summed E-state index contributed by atoms with van der Waals surface area (Å²) >= 11 is 6.36. The number of carboxylic acid groups (broad SMARTS) is 1. The molecule has 1 aliphatic heterocycles. The number of nitrogens with zero attached hydrogens (tertiary/aromatic N) is 3. The lowest BCUT2D eigenvalue weighted by Gasteiger charge is -2.36. The maximum absolute atomic E-state index is 10.9. The molecular formula is C28H36ClN3O2. The summed E-state index contributed by atoms with van der Waals surface area (Å²) in [6.45, 7) is 6.49. The maximum Gasteiger partial charge on any atom is 0.303 e. The van der Waals surface area contributed by atoms with Crippen LogP contribution >= 0.6 is 11.6 Å². The minimum absolute atomic E-state index is 0.231. The normalized spacial score (nSPS) is 14.7. The third-order valence-electron chi connectivity index (χ3n) is 6.90. The van der Waals surface area contributed by atoms with Gasteiger partial charge in [0.05, 0.1) is 10.7 Å². The molecule has 4 rings (SSSR count). The standard InChI is InChI=1S/C28H36ClN3O2/c29-25-12-4-6-14-27(25)31-20-18-30(19-21-31)16-7-1-2-8-17-32-22-23(10-9-15-28(33)34)24-11-3-5-13-26(24)32/h3-6,11-14,22H,1-2,7-10,15-21H2,(H,33,34). The third kappa shape index (κ3) is 6.55. The molecule has 0 radical (unpaired) electrons. The minimum atomic E-state index is -0.716. The van der Waals surface area contributed by atoms with E-state index in [-0.39, 0.29) is 6.42 Å². The zero-order chi connectivity index (χ0) is 23.8. The van der Waals surface area contributed by atoms with Gasteiger partial charge in [0.25, 0.3) is 0 Å². The number of halogens is 1. The van der Waals surface area contributed by atoms with E-state index in [2.05, 4.69) is 57.0 Å². The van der Waals surface area contributed by atoms with E-state index in [4.69, 9.17) is 16.7 Å². The van der Waals surface area contributed by atoms with E-state index >= 15 is 0 Å². The Bertz CT molecular complexity index is 1070. The number of aryl methyl sites for hydroxylation is 2. The number of hydrogen-bond acceptors (Lipinski definition) is 3. The number of fused-ring (bicyclic) bond motifs is 1. The molecule has 2 aromatic carbocycles. The Balaban J connectivity index is 1.16. The molecule has 0 unspecified atom stereocenters. The van der Waals surface area contributed by atoms with Gasteiger partial charge in [0.15, 0.2) is 0 Å². The number of carboxylic acids is 1.